The van der Waals surface area contributed by atoms with Crippen molar-refractivity contribution >= 4 is 29.3 Å². The first kappa shape index (κ1) is 24.9. The van der Waals surface area contributed by atoms with Crippen molar-refractivity contribution in [3.05, 3.63) is 77.0 Å². The highest BCUT2D eigenvalue weighted by Gasteiger charge is 2.38. The zero-order valence-corrected chi connectivity index (χ0v) is 21.1. The number of esters is 1. The first-order valence-electron chi connectivity index (χ1n) is 11.8. The van der Waals surface area contributed by atoms with Crippen LogP contribution in [0.2, 0.25) is 0 Å². The van der Waals surface area contributed by atoms with Crippen molar-refractivity contribution in [1.82, 2.24) is 9.88 Å². The molecule has 0 radical (unpaired) electrons. The number of carbonyl (C=O) groups is 3. The van der Waals surface area contributed by atoms with Crippen molar-refractivity contribution in [2.45, 2.75) is 40.3 Å². The molecule has 0 unspecified atom stereocenters. The van der Waals surface area contributed by atoms with Crippen molar-refractivity contribution in [1.29, 1.82) is 0 Å². The maximum atomic E-state index is 13.2. The summed E-state index contributed by atoms with van der Waals surface area (Å²) in [4.78, 5) is 43.9. The number of benzene rings is 2. The molecule has 4 rings (SSSR count). The summed E-state index contributed by atoms with van der Waals surface area (Å²) in [5.41, 5.74) is 6.36. The molecule has 3 amide bonds. The van der Waals surface area contributed by atoms with Gasteiger partial charge in [-0.15, -0.1) is 0 Å². The molecule has 2 heterocycles. The fourth-order valence-corrected chi connectivity index (χ4v) is 4.34. The van der Waals surface area contributed by atoms with E-state index in [1.165, 1.54) is 7.11 Å². The largest absolute Gasteiger partial charge is 0.467 e. The van der Waals surface area contributed by atoms with Gasteiger partial charge in [0.25, 0.3) is 5.91 Å². The molecular formula is C28H30N4O4. The molecule has 1 atom stereocenters. The highest BCUT2D eigenvalue weighted by atomic mass is 16.5. The van der Waals surface area contributed by atoms with Gasteiger partial charge in [-0.3, -0.25) is 9.78 Å². The summed E-state index contributed by atoms with van der Waals surface area (Å²) in [6.07, 6.45) is 1.57. The second-order valence-electron chi connectivity index (χ2n) is 9.33. The Morgan fingerprint density at radius 1 is 0.972 bits per heavy atom. The van der Waals surface area contributed by atoms with E-state index in [4.69, 9.17) is 4.74 Å². The van der Waals surface area contributed by atoms with Gasteiger partial charge in [0.05, 0.1) is 24.7 Å². The summed E-state index contributed by atoms with van der Waals surface area (Å²) in [6.45, 7) is 8.16. The van der Waals surface area contributed by atoms with E-state index in [1.54, 1.807) is 29.3 Å². The van der Waals surface area contributed by atoms with Crippen LogP contribution in [-0.2, 0) is 16.1 Å². The molecule has 36 heavy (non-hydrogen) atoms. The predicted octanol–water partition coefficient (Wildman–Crippen LogP) is 5.16. The number of carbonyl (C=O) groups excluding carboxylic acids is 3. The van der Waals surface area contributed by atoms with E-state index in [9.17, 15) is 14.4 Å². The summed E-state index contributed by atoms with van der Waals surface area (Å²) in [6, 6.07) is 13.9. The van der Waals surface area contributed by atoms with Gasteiger partial charge in [-0.05, 0) is 66.8 Å². The van der Waals surface area contributed by atoms with Gasteiger partial charge in [0.2, 0.25) is 0 Å². The Labute approximate surface area is 210 Å². The number of nitrogens with one attached hydrogen (secondary N) is 2. The average Bonchev–Trinajstić information content (AvgIpc) is 3.17. The second-order valence-corrected chi connectivity index (χ2v) is 9.33. The normalized spacial score (nSPS) is 13.4. The number of urea groups is 1. The van der Waals surface area contributed by atoms with E-state index in [2.05, 4.69) is 15.6 Å². The summed E-state index contributed by atoms with van der Waals surface area (Å²) < 4.78 is 4.93. The fraction of sp³-hybridized carbons (Fsp3) is 0.286. The Hall–Kier alpha value is -4.20. The minimum atomic E-state index is -0.642. The Kier molecular flexibility index (Phi) is 7.05. The summed E-state index contributed by atoms with van der Waals surface area (Å²) in [7, 11) is 1.33. The van der Waals surface area contributed by atoms with Crippen molar-refractivity contribution < 1.29 is 19.1 Å². The highest BCUT2D eigenvalue weighted by molar-refractivity contribution is 6.02. The number of aromatic nitrogens is 1. The lowest BCUT2D eigenvalue weighted by Gasteiger charge is -2.28. The quantitative estimate of drug-likeness (QED) is 0.469. The third-order valence-corrected chi connectivity index (χ3v) is 6.43. The molecule has 0 bridgehead atoms. The number of methoxy groups -OCH3 is 1. The van der Waals surface area contributed by atoms with Gasteiger partial charge in [-0.1, -0.05) is 32.0 Å². The van der Waals surface area contributed by atoms with E-state index >= 15 is 0 Å². The summed E-state index contributed by atoms with van der Waals surface area (Å²) >= 11 is 0. The first-order valence-corrected chi connectivity index (χ1v) is 11.8. The third-order valence-electron chi connectivity index (χ3n) is 6.43. The molecule has 8 heteroatoms. The SMILES string of the molecule is COC(=O)[C@H](C(C)C)N1Cc2ccc(-c3ccc(NC(=O)Nc4ccc(C)c(C)c4)cn3)cc2C1=O. The van der Waals surface area contributed by atoms with Gasteiger partial charge in [0, 0.05) is 23.4 Å². The predicted molar refractivity (Wildman–Crippen MR) is 139 cm³/mol. The average molecular weight is 487 g/mol. The molecule has 2 N–H and O–H groups in total. The van der Waals surface area contributed by atoms with Crippen LogP contribution in [0, 0.1) is 19.8 Å². The van der Waals surface area contributed by atoms with Crippen LogP contribution in [0.4, 0.5) is 16.2 Å². The number of rotatable bonds is 6. The minimum Gasteiger partial charge on any atom is -0.467 e. The molecule has 2 aromatic carbocycles. The highest BCUT2D eigenvalue weighted by Crippen LogP contribution is 2.31. The van der Waals surface area contributed by atoms with E-state index in [1.807, 2.05) is 58.0 Å². The van der Waals surface area contributed by atoms with Crippen LogP contribution in [-0.4, -0.2) is 40.9 Å². The lowest BCUT2D eigenvalue weighted by Crippen LogP contribution is -2.45. The number of hydrogen-bond acceptors (Lipinski definition) is 5. The number of anilines is 2. The Morgan fingerprint density at radius 2 is 1.69 bits per heavy atom. The monoisotopic (exact) mass is 486 g/mol. The molecule has 0 spiro atoms. The summed E-state index contributed by atoms with van der Waals surface area (Å²) in [5.74, 6) is -0.695. The Morgan fingerprint density at radius 3 is 2.33 bits per heavy atom. The Bertz CT molecular complexity index is 1320. The Balaban J connectivity index is 1.46. The lowest BCUT2D eigenvalue weighted by molar-refractivity contribution is -0.147. The van der Waals surface area contributed by atoms with Gasteiger partial charge < -0.3 is 20.3 Å². The number of ether oxygens (including phenoxy) is 1. The van der Waals surface area contributed by atoms with Gasteiger partial charge in [-0.25, -0.2) is 9.59 Å². The standard InChI is InChI=1S/C28H30N4O4/c1-16(2)25(27(34)36-5)32-15-20-8-7-19(13-23(20)26(32)33)24-11-10-22(14-29-24)31-28(35)30-21-9-6-17(3)18(4)12-21/h6-14,16,25H,15H2,1-5H3,(H2,30,31,35)/t25-/m0/s1. The maximum Gasteiger partial charge on any atom is 0.328 e. The summed E-state index contributed by atoms with van der Waals surface area (Å²) in [5, 5.41) is 5.60. The molecule has 0 aliphatic carbocycles. The second kappa shape index (κ2) is 10.2. The smallest absolute Gasteiger partial charge is 0.328 e. The van der Waals surface area contributed by atoms with Crippen LogP contribution >= 0.6 is 0 Å². The molecule has 1 aromatic heterocycles. The molecule has 8 nitrogen and oxygen atoms in total. The molecule has 186 valence electrons. The van der Waals surface area contributed by atoms with Gasteiger partial charge >= 0.3 is 12.0 Å². The van der Waals surface area contributed by atoms with E-state index in [-0.39, 0.29) is 17.9 Å². The van der Waals surface area contributed by atoms with Crippen LogP contribution in [0.1, 0.15) is 40.9 Å². The van der Waals surface area contributed by atoms with Crippen molar-refractivity contribution in [3.63, 3.8) is 0 Å². The van der Waals surface area contributed by atoms with Crippen molar-refractivity contribution in [3.8, 4) is 11.3 Å². The molecular weight excluding hydrogens is 456 g/mol. The lowest BCUT2D eigenvalue weighted by atomic mass is 10.0. The van der Waals surface area contributed by atoms with Gasteiger partial charge in [0.15, 0.2) is 0 Å². The number of hydrogen-bond donors (Lipinski definition) is 2. The third kappa shape index (κ3) is 5.07. The first-order chi connectivity index (χ1) is 17.2. The molecule has 0 fully saturated rings. The zero-order valence-electron chi connectivity index (χ0n) is 21.1. The molecule has 0 saturated heterocycles. The number of amides is 3. The van der Waals surface area contributed by atoms with Crippen LogP contribution in [0.3, 0.4) is 0 Å². The number of nitrogens with zero attached hydrogens (tertiary/aromatic N) is 2. The number of pyridine rings is 1. The van der Waals surface area contributed by atoms with E-state index < -0.39 is 12.0 Å². The molecule has 1 aliphatic heterocycles. The van der Waals surface area contributed by atoms with E-state index in [0.29, 0.717) is 29.2 Å². The van der Waals surface area contributed by atoms with Crippen molar-refractivity contribution in [2.24, 2.45) is 5.92 Å². The topological polar surface area (TPSA) is 101 Å². The van der Waals surface area contributed by atoms with Crippen LogP contribution in [0.25, 0.3) is 11.3 Å². The minimum absolute atomic E-state index is 0.0795. The van der Waals surface area contributed by atoms with Crippen LogP contribution in [0.15, 0.2) is 54.7 Å². The molecule has 3 aromatic rings. The van der Waals surface area contributed by atoms with Gasteiger partial charge in [0.1, 0.15) is 6.04 Å². The number of fused-ring (bicyclic) bond motifs is 1. The maximum absolute atomic E-state index is 13.2. The number of aryl methyl sites for hydroxylation is 2. The molecule has 1 aliphatic rings. The van der Waals surface area contributed by atoms with Gasteiger partial charge in [-0.2, -0.15) is 0 Å². The van der Waals surface area contributed by atoms with Crippen LogP contribution < -0.4 is 10.6 Å². The zero-order chi connectivity index (χ0) is 26.0. The van der Waals surface area contributed by atoms with Crippen molar-refractivity contribution in [2.75, 3.05) is 17.7 Å². The molecule has 0 saturated carbocycles. The van der Waals surface area contributed by atoms with Crippen LogP contribution in [0.5, 0.6) is 0 Å². The fourth-order valence-electron chi connectivity index (χ4n) is 4.34. The van der Waals surface area contributed by atoms with E-state index in [0.717, 1.165) is 22.3 Å².